The summed E-state index contributed by atoms with van der Waals surface area (Å²) in [4.78, 5) is 15.3. The Balaban J connectivity index is 1.33. The van der Waals surface area contributed by atoms with Crippen molar-refractivity contribution in [3.05, 3.63) is 61.9 Å². The van der Waals surface area contributed by atoms with E-state index in [1.54, 1.807) is 11.0 Å². The Hall–Kier alpha value is -1.88. The number of rotatable bonds is 4. The Morgan fingerprint density at radius 3 is 2.67 bits per heavy atom. The number of carbonyl (C=O) groups excluding carboxylic acids is 1. The number of halogens is 1. The van der Waals surface area contributed by atoms with Crippen molar-refractivity contribution in [3.8, 4) is 11.5 Å². The number of aromatic hydroxyl groups is 1. The van der Waals surface area contributed by atoms with E-state index in [2.05, 4.69) is 22.6 Å². The molecule has 8 heteroatoms. The Kier molecular flexibility index (Phi) is 4.90. The fourth-order valence-corrected chi connectivity index (χ4v) is 8.43. The number of piperidine rings is 1. The highest BCUT2D eigenvalue weighted by Gasteiger charge is 2.76. The maximum atomic E-state index is 14.3. The molecule has 5 aliphatic rings. The summed E-state index contributed by atoms with van der Waals surface area (Å²) in [6.07, 6.45) is 3.65. The molecular formula is C28H31IN2O5. The zero-order chi connectivity index (χ0) is 25.0. The first-order valence-corrected chi connectivity index (χ1v) is 14.1. The van der Waals surface area contributed by atoms with Crippen LogP contribution >= 0.6 is 22.6 Å². The van der Waals surface area contributed by atoms with Crippen molar-refractivity contribution in [2.24, 2.45) is 5.92 Å². The first-order chi connectivity index (χ1) is 17.2. The summed E-state index contributed by atoms with van der Waals surface area (Å²) >= 11 is 2.22. The Labute approximate surface area is 224 Å². The van der Waals surface area contributed by atoms with Crippen molar-refractivity contribution in [3.63, 3.8) is 0 Å². The molecule has 1 amide bonds. The van der Waals surface area contributed by atoms with Gasteiger partial charge in [0, 0.05) is 40.5 Å². The normalized spacial score (nSPS) is 37.7. The lowest BCUT2D eigenvalue weighted by atomic mass is 9.48. The number of benzene rings is 2. The number of likely N-dealkylation sites (tertiary alicyclic amines) is 1. The summed E-state index contributed by atoms with van der Waals surface area (Å²) in [5.41, 5.74) is 0.449. The first-order valence-electron chi connectivity index (χ1n) is 13.0. The minimum Gasteiger partial charge on any atom is -0.632 e. The summed E-state index contributed by atoms with van der Waals surface area (Å²) in [5.74, 6) is 0.870. The van der Waals surface area contributed by atoms with Crippen LogP contribution in [0.25, 0.3) is 0 Å². The third-order valence-corrected chi connectivity index (χ3v) is 10.7. The van der Waals surface area contributed by atoms with Crippen LogP contribution in [0, 0.1) is 14.7 Å². The second-order valence-corrected chi connectivity index (χ2v) is 12.9. The van der Waals surface area contributed by atoms with E-state index in [0.29, 0.717) is 56.0 Å². The van der Waals surface area contributed by atoms with Crippen LogP contribution in [0.5, 0.6) is 11.5 Å². The molecule has 2 aromatic carbocycles. The molecule has 6 atom stereocenters. The number of amides is 1. The molecule has 2 unspecified atom stereocenters. The van der Waals surface area contributed by atoms with Crippen molar-refractivity contribution in [2.75, 3.05) is 20.1 Å². The SMILES string of the molecule is CN(C(=O)c1ccc(I)cc1)[C@@H]1CC[C@@]2(O)[C@H]3Cc4ccc(O)c5c4C2(CC[N+]3([O-])CC2CC2)[C@H]1O5. The fraction of sp³-hybridized carbons (Fsp3) is 0.536. The number of nitrogens with zero attached hydrogens (tertiary/aromatic N) is 2. The number of carbonyl (C=O) groups is 1. The number of hydrogen-bond donors (Lipinski definition) is 2. The quantitative estimate of drug-likeness (QED) is 0.317. The second kappa shape index (κ2) is 7.58. The molecule has 7 nitrogen and oxygen atoms in total. The molecule has 2 saturated carbocycles. The van der Waals surface area contributed by atoms with E-state index in [-0.39, 0.29) is 22.3 Å². The molecular weight excluding hydrogens is 571 g/mol. The van der Waals surface area contributed by atoms with Crippen LogP contribution in [0.3, 0.4) is 0 Å². The molecule has 1 saturated heterocycles. The largest absolute Gasteiger partial charge is 0.632 e. The van der Waals surface area contributed by atoms with Crippen molar-refractivity contribution < 1.29 is 24.4 Å². The first kappa shape index (κ1) is 23.3. The third-order valence-electron chi connectivity index (χ3n) is 9.93. The number of ether oxygens (including phenoxy) is 1. The number of hydroxylamine groups is 3. The van der Waals surface area contributed by atoms with Crippen LogP contribution in [0.1, 0.15) is 53.6 Å². The van der Waals surface area contributed by atoms with E-state index in [4.69, 9.17) is 4.74 Å². The molecule has 0 aromatic heterocycles. The standard InChI is InChI=1S/C28H31IN2O5/c1-30(26(33)17-4-7-19(29)8-5-17)20-10-11-28(34)22-14-18-6-9-21(32)24-23(18)27(28,25(20)36-24)12-13-31(22,35)15-16-2-3-16/h4-9,16,20,22,25,32,34H,2-3,10-15H2,1H3/t20-,22-,25+,27?,28-,31?/m1/s1. The van der Waals surface area contributed by atoms with Gasteiger partial charge in [0.1, 0.15) is 17.7 Å². The summed E-state index contributed by atoms with van der Waals surface area (Å²) in [6, 6.07) is 10.3. The molecule has 2 aliphatic heterocycles. The third kappa shape index (κ3) is 2.93. The van der Waals surface area contributed by atoms with Gasteiger partial charge in [-0.3, -0.25) is 4.79 Å². The lowest BCUT2D eigenvalue weighted by Crippen LogP contribution is -2.81. The number of phenols is 1. The maximum absolute atomic E-state index is 14.3. The second-order valence-electron chi connectivity index (χ2n) is 11.7. The van der Waals surface area contributed by atoms with Gasteiger partial charge in [0.05, 0.1) is 24.5 Å². The highest BCUT2D eigenvalue weighted by Crippen LogP contribution is 2.67. The van der Waals surface area contributed by atoms with Crippen LogP contribution in [-0.4, -0.2) is 69.6 Å². The van der Waals surface area contributed by atoms with Gasteiger partial charge in [0.25, 0.3) is 5.91 Å². The maximum Gasteiger partial charge on any atom is 0.253 e. The van der Waals surface area contributed by atoms with Crippen LogP contribution < -0.4 is 4.74 Å². The number of phenolic OH excluding ortho intramolecular Hbond substituents is 1. The topological polar surface area (TPSA) is 93.1 Å². The van der Waals surface area contributed by atoms with Gasteiger partial charge in [0.2, 0.25) is 0 Å². The lowest BCUT2D eigenvalue weighted by Gasteiger charge is -2.68. The lowest BCUT2D eigenvalue weighted by molar-refractivity contribution is -0.924. The minimum atomic E-state index is -1.23. The monoisotopic (exact) mass is 602 g/mol. The van der Waals surface area contributed by atoms with E-state index >= 15 is 0 Å². The molecule has 2 bridgehead atoms. The molecule has 3 fully saturated rings. The molecule has 1 spiro atoms. The van der Waals surface area contributed by atoms with Gasteiger partial charge in [-0.2, -0.15) is 0 Å². The number of aliphatic hydroxyl groups is 1. The van der Waals surface area contributed by atoms with Crippen LogP contribution in [0.4, 0.5) is 0 Å². The van der Waals surface area contributed by atoms with Gasteiger partial charge in [-0.25, -0.2) is 0 Å². The molecule has 3 aliphatic carbocycles. The van der Waals surface area contributed by atoms with Gasteiger partial charge in [-0.1, -0.05) is 6.07 Å². The Morgan fingerprint density at radius 1 is 1.19 bits per heavy atom. The van der Waals surface area contributed by atoms with E-state index in [1.165, 1.54) is 0 Å². The van der Waals surface area contributed by atoms with Crippen molar-refractivity contribution >= 4 is 28.5 Å². The average molecular weight is 602 g/mol. The van der Waals surface area contributed by atoms with Gasteiger partial charge >= 0.3 is 0 Å². The summed E-state index contributed by atoms with van der Waals surface area (Å²) in [6.45, 7) is 1.00. The zero-order valence-electron chi connectivity index (χ0n) is 20.3. The van der Waals surface area contributed by atoms with E-state index < -0.39 is 23.2 Å². The van der Waals surface area contributed by atoms with Crippen LogP contribution in [0.2, 0.25) is 0 Å². The number of hydrogen-bond acceptors (Lipinski definition) is 5. The molecule has 2 N–H and O–H groups in total. The van der Waals surface area contributed by atoms with E-state index in [1.807, 2.05) is 37.4 Å². The molecule has 2 heterocycles. The van der Waals surface area contributed by atoms with E-state index in [0.717, 1.165) is 27.5 Å². The molecule has 0 radical (unpaired) electrons. The summed E-state index contributed by atoms with van der Waals surface area (Å²) < 4.78 is 7.28. The van der Waals surface area contributed by atoms with Crippen LogP contribution in [-0.2, 0) is 11.8 Å². The molecule has 36 heavy (non-hydrogen) atoms. The minimum absolute atomic E-state index is 0.0649. The van der Waals surface area contributed by atoms with E-state index in [9.17, 15) is 20.2 Å². The predicted molar refractivity (Wildman–Crippen MR) is 142 cm³/mol. The van der Waals surface area contributed by atoms with Gasteiger partial charge in [-0.05, 0) is 84.2 Å². The highest BCUT2D eigenvalue weighted by molar-refractivity contribution is 14.1. The van der Waals surface area contributed by atoms with Gasteiger partial charge in [0.15, 0.2) is 11.5 Å². The van der Waals surface area contributed by atoms with Crippen molar-refractivity contribution in [2.45, 2.75) is 67.7 Å². The zero-order valence-corrected chi connectivity index (χ0v) is 22.5. The van der Waals surface area contributed by atoms with Crippen molar-refractivity contribution in [1.29, 1.82) is 0 Å². The molecule has 190 valence electrons. The highest BCUT2D eigenvalue weighted by atomic mass is 127. The number of likely N-dealkylation sites (N-methyl/N-ethyl adjacent to an activating group) is 1. The fourth-order valence-electron chi connectivity index (χ4n) is 8.07. The summed E-state index contributed by atoms with van der Waals surface area (Å²) in [5, 5.41) is 37.7. The van der Waals surface area contributed by atoms with Crippen LogP contribution in [0.15, 0.2) is 36.4 Å². The Morgan fingerprint density at radius 2 is 1.94 bits per heavy atom. The summed E-state index contributed by atoms with van der Waals surface area (Å²) in [7, 11) is 1.81. The van der Waals surface area contributed by atoms with Gasteiger partial charge in [-0.15, -0.1) is 0 Å². The van der Waals surface area contributed by atoms with Gasteiger partial charge < -0.3 is 29.7 Å². The smallest absolute Gasteiger partial charge is 0.253 e. The Bertz CT molecular complexity index is 1270. The predicted octanol–water partition coefficient (Wildman–Crippen LogP) is 3.71. The average Bonchev–Trinajstić information content (AvgIpc) is 3.59. The van der Waals surface area contributed by atoms with Crippen molar-refractivity contribution in [1.82, 2.24) is 4.90 Å². The number of quaternary nitrogens is 1. The molecule has 2 aromatic rings. The molecule has 7 rings (SSSR count).